The molecule has 2 aromatic rings. The van der Waals surface area contributed by atoms with Gasteiger partial charge in [0.25, 0.3) is 0 Å². The monoisotopic (exact) mass is 206 g/mol. The molecule has 1 heterocycles. The van der Waals surface area contributed by atoms with Crippen LogP contribution in [0.1, 0.15) is 5.56 Å². The highest BCUT2D eigenvalue weighted by atomic mass is 16.5. The molecular formula is C11H10O4. The van der Waals surface area contributed by atoms with Gasteiger partial charge in [-0.25, -0.2) is 4.79 Å². The highest BCUT2D eigenvalue weighted by Crippen LogP contribution is 2.31. The first-order chi connectivity index (χ1) is 7.11. The van der Waals surface area contributed by atoms with Crippen molar-refractivity contribution in [3.05, 3.63) is 34.2 Å². The molecule has 78 valence electrons. The number of aromatic hydroxyl groups is 1. The fraction of sp³-hybridized carbons (Fsp3) is 0.182. The third-order valence-electron chi connectivity index (χ3n) is 2.23. The van der Waals surface area contributed by atoms with Gasteiger partial charge in [-0.15, -0.1) is 0 Å². The van der Waals surface area contributed by atoms with Gasteiger partial charge in [-0.1, -0.05) is 0 Å². The van der Waals surface area contributed by atoms with Crippen LogP contribution in [0.15, 0.2) is 27.4 Å². The lowest BCUT2D eigenvalue weighted by Gasteiger charge is -2.05. The van der Waals surface area contributed by atoms with Crippen molar-refractivity contribution in [3.8, 4) is 11.5 Å². The van der Waals surface area contributed by atoms with E-state index in [1.165, 1.54) is 19.2 Å². The second-order valence-corrected chi connectivity index (χ2v) is 3.27. The number of ether oxygens (including phenoxy) is 1. The molecule has 0 aliphatic heterocycles. The minimum absolute atomic E-state index is 0.0469. The summed E-state index contributed by atoms with van der Waals surface area (Å²) >= 11 is 0. The van der Waals surface area contributed by atoms with Crippen molar-refractivity contribution < 1.29 is 14.3 Å². The summed E-state index contributed by atoms with van der Waals surface area (Å²) in [4.78, 5) is 11.1. The van der Waals surface area contributed by atoms with Crippen molar-refractivity contribution in [1.82, 2.24) is 0 Å². The molecule has 0 unspecified atom stereocenters. The maximum Gasteiger partial charge on any atom is 0.336 e. The molecule has 0 saturated carbocycles. The summed E-state index contributed by atoms with van der Waals surface area (Å²) in [6, 6.07) is 4.40. The maximum absolute atomic E-state index is 11.1. The van der Waals surface area contributed by atoms with E-state index in [9.17, 15) is 9.90 Å². The van der Waals surface area contributed by atoms with Crippen molar-refractivity contribution in [2.24, 2.45) is 0 Å². The quantitative estimate of drug-likeness (QED) is 0.723. The number of phenols is 1. The number of hydrogen-bond donors (Lipinski definition) is 1. The Morgan fingerprint density at radius 1 is 1.33 bits per heavy atom. The predicted molar refractivity (Wildman–Crippen MR) is 55.4 cm³/mol. The molecule has 0 fully saturated rings. The Labute approximate surface area is 85.7 Å². The topological polar surface area (TPSA) is 59.7 Å². The van der Waals surface area contributed by atoms with Crippen LogP contribution in [0.3, 0.4) is 0 Å². The van der Waals surface area contributed by atoms with Gasteiger partial charge in [0.05, 0.1) is 12.5 Å². The van der Waals surface area contributed by atoms with E-state index < -0.39 is 5.63 Å². The Hall–Kier alpha value is -1.97. The van der Waals surface area contributed by atoms with Crippen LogP contribution in [0.25, 0.3) is 11.0 Å². The van der Waals surface area contributed by atoms with Crippen molar-refractivity contribution in [2.45, 2.75) is 6.92 Å². The number of hydrogen-bond acceptors (Lipinski definition) is 4. The standard InChI is InChI=1S/C11H10O4/c1-6-3-10(13)15-9-5-7(14-2)4-8(12)11(6)9/h3-5,12H,1-2H3. The van der Waals surface area contributed by atoms with Crippen LogP contribution in [-0.4, -0.2) is 12.2 Å². The predicted octanol–water partition coefficient (Wildman–Crippen LogP) is 1.82. The van der Waals surface area contributed by atoms with Crippen molar-refractivity contribution in [3.63, 3.8) is 0 Å². The lowest BCUT2D eigenvalue weighted by atomic mass is 10.1. The summed E-state index contributed by atoms with van der Waals surface area (Å²) in [7, 11) is 1.48. The summed E-state index contributed by atoms with van der Waals surface area (Å²) in [6.07, 6.45) is 0. The minimum atomic E-state index is -0.437. The normalized spacial score (nSPS) is 10.5. The first-order valence-corrected chi connectivity index (χ1v) is 4.43. The SMILES string of the molecule is COc1cc(O)c2c(C)cc(=O)oc2c1. The number of rotatable bonds is 1. The Balaban J connectivity index is 2.91. The van der Waals surface area contributed by atoms with E-state index in [0.717, 1.165) is 0 Å². The van der Waals surface area contributed by atoms with Gasteiger partial charge < -0.3 is 14.3 Å². The van der Waals surface area contributed by atoms with E-state index in [2.05, 4.69) is 0 Å². The Morgan fingerprint density at radius 3 is 2.73 bits per heavy atom. The van der Waals surface area contributed by atoms with Crippen LogP contribution in [0.2, 0.25) is 0 Å². The number of aryl methyl sites for hydroxylation is 1. The summed E-state index contributed by atoms with van der Waals surface area (Å²) in [5, 5.41) is 10.3. The molecule has 1 aromatic heterocycles. The zero-order valence-corrected chi connectivity index (χ0v) is 8.40. The van der Waals surface area contributed by atoms with Crippen LogP contribution in [0.5, 0.6) is 11.5 Å². The highest BCUT2D eigenvalue weighted by molar-refractivity contribution is 5.87. The maximum atomic E-state index is 11.1. The van der Waals surface area contributed by atoms with Crippen LogP contribution in [-0.2, 0) is 0 Å². The van der Waals surface area contributed by atoms with Crippen molar-refractivity contribution in [2.75, 3.05) is 7.11 Å². The van der Waals surface area contributed by atoms with Gasteiger partial charge in [0.1, 0.15) is 17.1 Å². The molecule has 4 heteroatoms. The third kappa shape index (κ3) is 1.54. The zero-order chi connectivity index (χ0) is 11.0. The lowest BCUT2D eigenvalue weighted by Crippen LogP contribution is -1.98. The van der Waals surface area contributed by atoms with Gasteiger partial charge in [0, 0.05) is 18.2 Å². The molecule has 0 aliphatic carbocycles. The molecule has 0 spiro atoms. The summed E-state index contributed by atoms with van der Waals surface area (Å²) in [5.74, 6) is 0.499. The molecule has 15 heavy (non-hydrogen) atoms. The van der Waals surface area contributed by atoms with Crippen molar-refractivity contribution in [1.29, 1.82) is 0 Å². The molecule has 0 amide bonds. The molecule has 1 aromatic carbocycles. The average molecular weight is 206 g/mol. The third-order valence-corrected chi connectivity index (χ3v) is 2.23. The fourth-order valence-corrected chi connectivity index (χ4v) is 1.56. The summed E-state index contributed by atoms with van der Waals surface area (Å²) < 4.78 is 9.93. The molecule has 1 N–H and O–H groups in total. The summed E-state index contributed by atoms with van der Waals surface area (Å²) in [5.41, 5.74) is 0.575. The van der Waals surface area contributed by atoms with Gasteiger partial charge in [0.15, 0.2) is 0 Å². The minimum Gasteiger partial charge on any atom is -0.507 e. The highest BCUT2D eigenvalue weighted by Gasteiger charge is 2.09. The second kappa shape index (κ2) is 3.31. The Kier molecular flexibility index (Phi) is 2.11. The Morgan fingerprint density at radius 2 is 2.07 bits per heavy atom. The molecule has 4 nitrogen and oxygen atoms in total. The van der Waals surface area contributed by atoms with Crippen molar-refractivity contribution >= 4 is 11.0 Å². The van der Waals surface area contributed by atoms with Gasteiger partial charge in [-0.05, 0) is 12.5 Å². The molecule has 0 atom stereocenters. The Bertz CT molecular complexity index is 569. The van der Waals surface area contributed by atoms with E-state index in [1.807, 2.05) is 0 Å². The van der Waals surface area contributed by atoms with Crippen LogP contribution >= 0.6 is 0 Å². The smallest absolute Gasteiger partial charge is 0.336 e. The van der Waals surface area contributed by atoms with E-state index in [0.29, 0.717) is 22.3 Å². The molecule has 0 bridgehead atoms. The van der Waals surface area contributed by atoms with E-state index in [4.69, 9.17) is 9.15 Å². The largest absolute Gasteiger partial charge is 0.507 e. The molecule has 0 saturated heterocycles. The lowest BCUT2D eigenvalue weighted by molar-refractivity contribution is 0.407. The van der Waals surface area contributed by atoms with E-state index in [-0.39, 0.29) is 5.75 Å². The number of methoxy groups -OCH3 is 1. The summed E-state index contributed by atoms with van der Waals surface area (Å²) in [6.45, 7) is 1.74. The number of phenolic OH excluding ortho intramolecular Hbond substituents is 1. The van der Waals surface area contributed by atoms with Gasteiger partial charge in [-0.3, -0.25) is 0 Å². The zero-order valence-electron chi connectivity index (χ0n) is 8.40. The second-order valence-electron chi connectivity index (χ2n) is 3.27. The van der Waals surface area contributed by atoms with Crippen LogP contribution in [0.4, 0.5) is 0 Å². The first kappa shape index (κ1) is 9.58. The number of benzene rings is 1. The molecule has 0 aliphatic rings. The van der Waals surface area contributed by atoms with E-state index >= 15 is 0 Å². The van der Waals surface area contributed by atoms with Gasteiger partial charge in [-0.2, -0.15) is 0 Å². The van der Waals surface area contributed by atoms with Gasteiger partial charge in [0.2, 0.25) is 0 Å². The molecular weight excluding hydrogens is 196 g/mol. The first-order valence-electron chi connectivity index (χ1n) is 4.43. The van der Waals surface area contributed by atoms with Gasteiger partial charge >= 0.3 is 5.63 Å². The van der Waals surface area contributed by atoms with Crippen LogP contribution in [0, 0.1) is 6.92 Å². The molecule has 0 radical (unpaired) electrons. The van der Waals surface area contributed by atoms with Crippen LogP contribution < -0.4 is 10.4 Å². The average Bonchev–Trinajstić information content (AvgIpc) is 2.15. The molecule has 2 rings (SSSR count). The fourth-order valence-electron chi connectivity index (χ4n) is 1.56. The number of fused-ring (bicyclic) bond motifs is 1. The van der Waals surface area contributed by atoms with E-state index in [1.54, 1.807) is 13.0 Å².